The summed E-state index contributed by atoms with van der Waals surface area (Å²) in [4.78, 5) is 89.6. The molecule has 63 nitrogen and oxygen atoms in total. The number of nitrogens with one attached hydrogen (secondary N) is 6. The molecule has 1 unspecified atom stereocenters. The van der Waals surface area contributed by atoms with Gasteiger partial charge in [0, 0.05) is 48.0 Å². The van der Waals surface area contributed by atoms with Crippen LogP contribution in [0.2, 0.25) is 0 Å². The zero-order chi connectivity index (χ0) is 103. The number of carboxylic acid groups (broad SMARTS) is 1. The van der Waals surface area contributed by atoms with Crippen molar-refractivity contribution in [3.05, 3.63) is 0 Å². The van der Waals surface area contributed by atoms with E-state index in [4.69, 9.17) is 90.0 Å². The molecule has 0 aromatic rings. The van der Waals surface area contributed by atoms with Crippen LogP contribution in [0.5, 0.6) is 0 Å². The fraction of sp³-hybridized carbons (Fsp3) is 0.907. The number of carbonyl (C=O) groups excluding carboxylic acids is 6. The number of carboxylic acids is 1. The molecule has 0 spiro atoms. The Bertz CT molecular complexity index is 4100. The van der Waals surface area contributed by atoms with Crippen LogP contribution in [0.4, 0.5) is 0 Å². The van der Waals surface area contributed by atoms with E-state index < -0.39 is 437 Å². The second-order valence-corrected chi connectivity index (χ2v) is 35.5. The Morgan fingerprint density at radius 3 is 1.06 bits per heavy atom. The Morgan fingerprint density at radius 1 is 0.331 bits per heavy atom. The van der Waals surface area contributed by atoms with Gasteiger partial charge in [0.2, 0.25) is 35.4 Å². The van der Waals surface area contributed by atoms with Crippen molar-refractivity contribution in [3.63, 3.8) is 0 Å². The molecule has 0 radical (unpaired) electrons. The summed E-state index contributed by atoms with van der Waals surface area (Å²) >= 11 is 0. The lowest BCUT2D eigenvalue weighted by atomic mass is 9.88. The monoisotopic (exact) mass is 2050 g/mol. The van der Waals surface area contributed by atoms with E-state index in [1.165, 1.54) is 0 Å². The van der Waals surface area contributed by atoms with Crippen molar-refractivity contribution < 1.29 is 279 Å². The second-order valence-electron chi connectivity index (χ2n) is 34.4. The summed E-state index contributed by atoms with van der Waals surface area (Å²) in [6, 6.07) is -11.7. The Morgan fingerprint density at radius 2 is 0.647 bits per heavy atom. The minimum absolute atomic E-state index is 0.829. The van der Waals surface area contributed by atoms with Gasteiger partial charge in [-0.2, -0.15) is 8.42 Å². The third-order valence-electron chi connectivity index (χ3n) is 24.5. The van der Waals surface area contributed by atoms with Crippen molar-refractivity contribution in [2.45, 2.75) is 360 Å². The molecule has 0 aliphatic carbocycles. The molecule has 10 rings (SSSR count). The van der Waals surface area contributed by atoms with Crippen LogP contribution < -0.4 is 31.9 Å². The molecule has 34 N–H and O–H groups in total. The van der Waals surface area contributed by atoms with Crippen LogP contribution in [-0.4, -0.2) is 571 Å². The molecule has 0 aromatic heterocycles. The molecular formula is C75H124N6O57S. The van der Waals surface area contributed by atoms with Crippen LogP contribution in [-0.2, 0) is 138 Å². The number of aliphatic hydroxyl groups is 26. The number of amides is 6. The van der Waals surface area contributed by atoms with Gasteiger partial charge in [0.05, 0.1) is 78.2 Å². The maximum atomic E-state index is 13.2. The van der Waals surface area contributed by atoms with Crippen molar-refractivity contribution in [1.29, 1.82) is 0 Å². The average Bonchev–Trinajstić information content (AvgIpc) is 0.761. The van der Waals surface area contributed by atoms with Gasteiger partial charge in [0.1, 0.15) is 238 Å². The second kappa shape index (κ2) is 49.7. The number of aliphatic hydroxyl groups excluding tert-OH is 26. The molecule has 10 aliphatic rings. The molecule has 64 heteroatoms. The number of hydrogen-bond acceptors (Lipinski definition) is 55. The minimum atomic E-state index is -5.56. The third kappa shape index (κ3) is 26.7. The molecule has 10 aliphatic heterocycles. The normalized spacial score (nSPS) is 45.5. The van der Waals surface area contributed by atoms with E-state index in [0.717, 1.165) is 41.5 Å². The van der Waals surface area contributed by atoms with E-state index >= 15 is 0 Å². The number of hydrogen-bond donors (Lipinski definition) is 34. The van der Waals surface area contributed by atoms with Crippen LogP contribution in [0.25, 0.3) is 0 Å². The van der Waals surface area contributed by atoms with E-state index in [1.54, 1.807) is 0 Å². The summed E-state index contributed by atoms with van der Waals surface area (Å²) in [5.41, 5.74) is 0. The quantitative estimate of drug-likeness (QED) is 0.0254. The van der Waals surface area contributed by atoms with Crippen molar-refractivity contribution in [2.75, 3.05) is 66.1 Å². The van der Waals surface area contributed by atoms with Crippen molar-refractivity contribution in [3.8, 4) is 0 Å². The maximum Gasteiger partial charge on any atom is 0.397 e. The Labute approximate surface area is 786 Å². The van der Waals surface area contributed by atoms with Gasteiger partial charge in [-0.25, -0.2) is 8.98 Å². The van der Waals surface area contributed by atoms with E-state index in [-0.39, 0.29) is 0 Å². The Balaban J connectivity index is 0.966. The van der Waals surface area contributed by atoms with Crippen molar-refractivity contribution in [2.24, 2.45) is 0 Å². The molecule has 6 amide bonds. The Hall–Kier alpha value is -5.64. The van der Waals surface area contributed by atoms with Crippen LogP contribution in [0.3, 0.4) is 0 Å². The zero-order valence-corrected chi connectivity index (χ0v) is 75.2. The molecule has 51 atom stereocenters. The van der Waals surface area contributed by atoms with Crippen molar-refractivity contribution >= 4 is 51.8 Å². The molecule has 802 valence electrons. The standard InChI is InChI=1S/C75H124N6O57S/c1-18(90)76-35-24(96)7-75(74(114)115,137-60(35)41(98)25(97)8-82)120-17-34-44(101)51(108)54(111)70(129-34)132-58-31(14-88)127-67(39(50(58)107)80-22(5)94)135-63-52(109)42(99)26(9-83)123-72(63)119-16-33-46(103)62(55(112)71(128-33)133-59-32(15-89)125-66(37(49(59)106)78-20(3)92)130-56-29(12-86)121-65(113)36(47(56)104)77-19(2)91)134-73-64(53(110)43(100)27(10-84)124-73)136-68-38(79-21(4)93)48(105)57(30(13-87)126-68)131-69-40(81-23(6)95)61(138-139(116,117)118)45(102)28(11-85)122-69/h24-73,82-89,96-113H,7-17H2,1-6H3,(H,76,90)(H,77,91)(H,78,92)(H,79,93)(H,80,94)(H,81,95)(H,114,115)(H,116,117,118)/t24-,25+,26+,27+,28+,29+,30+,31+,32+,33+,34+,35+,36+,37+,38+,39+,40+,41+,42+,43+,44-,45-,46+,47+,48+,49+,50+,51-,52-,53-,54+,55-,56+,57+,58+,59+,60+,61+,62-,63-,64-,65?,66-,67-,68-,69-,70-,71-,72-,73+,75+/m0/s1. The van der Waals surface area contributed by atoms with Gasteiger partial charge in [-0.1, -0.05) is 0 Å². The van der Waals surface area contributed by atoms with Crippen LogP contribution in [0, 0.1) is 0 Å². The van der Waals surface area contributed by atoms with Gasteiger partial charge in [0.15, 0.2) is 56.6 Å². The van der Waals surface area contributed by atoms with Gasteiger partial charge in [-0.05, 0) is 0 Å². The highest BCUT2D eigenvalue weighted by molar-refractivity contribution is 7.80. The lowest BCUT2D eigenvalue weighted by Gasteiger charge is -2.51. The highest BCUT2D eigenvalue weighted by Crippen LogP contribution is 2.42. The molecular weight excluding hydrogens is 1930 g/mol. The average molecular weight is 2050 g/mol. The fourth-order valence-electron chi connectivity index (χ4n) is 17.6. The molecule has 0 bridgehead atoms. The summed E-state index contributed by atoms with van der Waals surface area (Å²) in [5, 5.41) is 318. The van der Waals surface area contributed by atoms with E-state index in [1.807, 2.05) is 0 Å². The van der Waals surface area contributed by atoms with E-state index in [0.29, 0.717) is 0 Å². The van der Waals surface area contributed by atoms with Crippen LogP contribution >= 0.6 is 0 Å². The molecule has 10 heterocycles. The highest BCUT2D eigenvalue weighted by atomic mass is 32.3. The van der Waals surface area contributed by atoms with Gasteiger partial charge in [-0.15, -0.1) is 0 Å². The fourth-order valence-corrected chi connectivity index (χ4v) is 18.1. The SMILES string of the molecule is CC(=O)N[C@H]1[C@H](O[C@H]2[C@H](O)[C@@H](NC(C)=O)C(O)O[C@@H]2CO)O[C@H](CO)[C@@H](O[C@@H]2O[C@H](CO[C@H]3O[C@H](CO)[C@@H](O)[C@H](O)[C@@H]3O[C@@H]3O[C@H](CO)[C@@H](O[C@@H]4O[C@H](CO[C@]5(C(=O)O)C[C@H](O)[C@@H](NC(C)=O)[C@H]([C@H](O)[C@H](O)CO)O5)[C@H](O)[C@H](O)[C@H]4O)[C@H](O)[C@H]3NC(C)=O)[C@@H](O)[C@H](O[C@H]3O[C@H](CO)[C@@H](O)[C@H](O)[C@@H]3O[C@@H]3O[C@H](CO)[C@@H](O[C@@H]4O[C@H](CO)[C@H](O)[C@H](OS(=O)(=O)O)[C@H]4NC(C)=O)[C@H](O)[C@H]3NC(C)=O)[C@@H]2O)[C@@H]1O. The largest absolute Gasteiger partial charge is 0.477 e. The summed E-state index contributed by atoms with van der Waals surface area (Å²) in [5.74, 6) is -11.0. The zero-order valence-electron chi connectivity index (χ0n) is 74.4. The predicted molar refractivity (Wildman–Crippen MR) is 427 cm³/mol. The van der Waals surface area contributed by atoms with E-state index in [2.05, 4.69) is 36.1 Å². The minimum Gasteiger partial charge on any atom is -0.477 e. The van der Waals surface area contributed by atoms with Gasteiger partial charge >= 0.3 is 16.4 Å². The predicted octanol–water partition coefficient (Wildman–Crippen LogP) is -22.9. The summed E-state index contributed by atoms with van der Waals surface area (Å²) in [6.45, 7) is -6.88. The first-order valence-corrected chi connectivity index (χ1v) is 44.8. The first-order valence-electron chi connectivity index (χ1n) is 43.4. The van der Waals surface area contributed by atoms with Crippen LogP contribution in [0.1, 0.15) is 48.0 Å². The smallest absolute Gasteiger partial charge is 0.397 e. The highest BCUT2D eigenvalue weighted by Gasteiger charge is 2.64. The molecule has 0 aromatic carbocycles. The Kier molecular flexibility index (Phi) is 41.2. The van der Waals surface area contributed by atoms with Crippen molar-refractivity contribution in [1.82, 2.24) is 31.9 Å². The number of ether oxygens (including phenoxy) is 19. The van der Waals surface area contributed by atoms with Gasteiger partial charge < -0.3 is 260 Å². The summed E-state index contributed by atoms with van der Waals surface area (Å²) in [7, 11) is -5.56. The lowest BCUT2D eigenvalue weighted by molar-refractivity contribution is -0.398. The maximum absolute atomic E-state index is 13.2. The molecule has 139 heavy (non-hydrogen) atoms. The molecule has 10 saturated heterocycles. The summed E-state index contributed by atoms with van der Waals surface area (Å²) < 4.78 is 152. The first-order chi connectivity index (χ1) is 65.3. The topological polar surface area (TPSA) is 977 Å². The van der Waals surface area contributed by atoms with Crippen LogP contribution in [0.15, 0.2) is 0 Å². The number of rotatable bonds is 39. The molecule has 10 fully saturated rings. The third-order valence-corrected chi connectivity index (χ3v) is 24.9. The van der Waals surface area contributed by atoms with Gasteiger partial charge in [0.25, 0.3) is 5.79 Å². The molecule has 0 saturated carbocycles. The van der Waals surface area contributed by atoms with Gasteiger partial charge in [-0.3, -0.25) is 33.3 Å². The number of aliphatic carboxylic acids is 1. The summed E-state index contributed by atoms with van der Waals surface area (Å²) in [6.07, 6.45) is -99.8. The lowest BCUT2D eigenvalue weighted by Crippen LogP contribution is -2.71. The van der Waals surface area contributed by atoms with E-state index in [9.17, 15) is 184 Å². The number of carbonyl (C=O) groups is 7. The first kappa shape index (κ1) is 115.